The van der Waals surface area contributed by atoms with E-state index in [1.165, 1.54) is 7.11 Å². The zero-order chi connectivity index (χ0) is 11.6. The number of methoxy groups -OCH3 is 1. The van der Waals surface area contributed by atoms with Crippen LogP contribution in [0.25, 0.3) is 0 Å². The molecule has 0 spiro atoms. The van der Waals surface area contributed by atoms with E-state index in [0.29, 0.717) is 0 Å². The lowest BCUT2D eigenvalue weighted by Crippen LogP contribution is -2.19. The Balaban J connectivity index is 2.95. The zero-order valence-corrected chi connectivity index (χ0v) is 10.00. The fourth-order valence-corrected chi connectivity index (χ4v) is 1.53. The molecule has 1 heterocycles. The highest BCUT2D eigenvalue weighted by atomic mass is 16.5. The molecule has 0 bridgehead atoms. The third-order valence-corrected chi connectivity index (χ3v) is 2.31. The van der Waals surface area contributed by atoms with Gasteiger partial charge in [-0.25, -0.2) is 4.98 Å². The molecule has 1 rings (SSSR count). The van der Waals surface area contributed by atoms with Gasteiger partial charge in [-0.15, -0.1) is 0 Å². The van der Waals surface area contributed by atoms with Crippen LogP contribution in [0.5, 0.6) is 0 Å². The van der Waals surface area contributed by atoms with Crippen LogP contribution in [0.15, 0.2) is 6.20 Å². The number of esters is 1. The van der Waals surface area contributed by atoms with Gasteiger partial charge in [0, 0.05) is 24.4 Å². The molecule has 1 aromatic rings. The Hall–Kier alpha value is -1.32. The highest BCUT2D eigenvalue weighted by Crippen LogP contribution is 2.21. The van der Waals surface area contributed by atoms with Crippen molar-refractivity contribution in [1.29, 1.82) is 0 Å². The average molecular weight is 210 g/mol. The molecule has 84 valence electrons. The fraction of sp³-hybridized carbons (Fsp3) is 0.636. The van der Waals surface area contributed by atoms with Gasteiger partial charge in [0.1, 0.15) is 5.82 Å². The second-order valence-electron chi connectivity index (χ2n) is 4.64. The van der Waals surface area contributed by atoms with Gasteiger partial charge in [-0.1, -0.05) is 20.8 Å². The summed E-state index contributed by atoms with van der Waals surface area (Å²) in [5.41, 5.74) is 0.870. The maximum absolute atomic E-state index is 11.1. The van der Waals surface area contributed by atoms with Crippen LogP contribution in [0.1, 0.15) is 32.3 Å². The fourth-order valence-electron chi connectivity index (χ4n) is 1.53. The Labute approximate surface area is 90.3 Å². The van der Waals surface area contributed by atoms with E-state index in [1.807, 2.05) is 11.6 Å². The van der Waals surface area contributed by atoms with Crippen LogP contribution in [-0.4, -0.2) is 22.6 Å². The molecular weight excluding hydrogens is 192 g/mol. The van der Waals surface area contributed by atoms with Crippen molar-refractivity contribution in [2.75, 3.05) is 7.11 Å². The highest BCUT2D eigenvalue weighted by Gasteiger charge is 2.21. The topological polar surface area (TPSA) is 44.1 Å². The monoisotopic (exact) mass is 210 g/mol. The molecule has 0 unspecified atom stereocenters. The maximum Gasteiger partial charge on any atom is 0.311 e. The van der Waals surface area contributed by atoms with E-state index in [4.69, 9.17) is 0 Å². The van der Waals surface area contributed by atoms with Crippen LogP contribution in [0.2, 0.25) is 0 Å². The molecule has 0 atom stereocenters. The average Bonchev–Trinajstić information content (AvgIpc) is 2.47. The summed E-state index contributed by atoms with van der Waals surface area (Å²) >= 11 is 0. The lowest BCUT2D eigenvalue weighted by molar-refractivity contribution is -0.139. The predicted molar refractivity (Wildman–Crippen MR) is 57.6 cm³/mol. The van der Waals surface area contributed by atoms with Crippen LogP contribution in [0, 0.1) is 0 Å². The van der Waals surface area contributed by atoms with E-state index in [2.05, 4.69) is 30.5 Å². The quantitative estimate of drug-likeness (QED) is 0.694. The molecule has 0 amide bonds. The molecule has 4 nitrogen and oxygen atoms in total. The van der Waals surface area contributed by atoms with Crippen molar-refractivity contribution in [3.8, 4) is 0 Å². The number of carbonyl (C=O) groups is 1. The molecule has 0 radical (unpaired) electrons. The molecular formula is C11H18N2O2. The smallest absolute Gasteiger partial charge is 0.311 e. The Morgan fingerprint density at radius 1 is 1.53 bits per heavy atom. The summed E-state index contributed by atoms with van der Waals surface area (Å²) in [5, 5.41) is 0. The minimum Gasteiger partial charge on any atom is -0.469 e. The first kappa shape index (κ1) is 11.8. The van der Waals surface area contributed by atoms with E-state index in [0.717, 1.165) is 11.5 Å². The van der Waals surface area contributed by atoms with Crippen molar-refractivity contribution in [1.82, 2.24) is 9.55 Å². The van der Waals surface area contributed by atoms with Crippen molar-refractivity contribution in [2.24, 2.45) is 7.05 Å². The summed E-state index contributed by atoms with van der Waals surface area (Å²) in [7, 11) is 3.31. The minimum absolute atomic E-state index is 0.0108. The van der Waals surface area contributed by atoms with Crippen LogP contribution in [0.3, 0.4) is 0 Å². The number of hydrogen-bond acceptors (Lipinski definition) is 3. The first-order valence-electron chi connectivity index (χ1n) is 4.94. The lowest BCUT2D eigenvalue weighted by atomic mass is 9.96. The van der Waals surface area contributed by atoms with Gasteiger partial charge in [0.05, 0.1) is 13.5 Å². The Kier molecular flexibility index (Phi) is 3.17. The molecule has 4 heteroatoms. The highest BCUT2D eigenvalue weighted by molar-refractivity contribution is 5.71. The van der Waals surface area contributed by atoms with Crippen molar-refractivity contribution >= 4 is 5.97 Å². The Morgan fingerprint density at radius 3 is 2.53 bits per heavy atom. The van der Waals surface area contributed by atoms with Gasteiger partial charge in [-0.2, -0.15) is 0 Å². The molecule has 0 aliphatic heterocycles. The number of hydrogen-bond donors (Lipinski definition) is 0. The third kappa shape index (κ3) is 2.58. The van der Waals surface area contributed by atoms with Gasteiger partial charge in [-0.3, -0.25) is 4.79 Å². The van der Waals surface area contributed by atoms with Crippen molar-refractivity contribution in [3.63, 3.8) is 0 Å². The molecule has 0 saturated carbocycles. The second kappa shape index (κ2) is 4.04. The Bertz CT molecular complexity index is 361. The third-order valence-electron chi connectivity index (χ3n) is 2.31. The van der Waals surface area contributed by atoms with Crippen LogP contribution < -0.4 is 0 Å². The SMILES string of the molecule is COC(=O)Cc1cnc(C(C)(C)C)n1C. The van der Waals surface area contributed by atoms with Gasteiger partial charge in [0.25, 0.3) is 0 Å². The van der Waals surface area contributed by atoms with Gasteiger partial charge < -0.3 is 9.30 Å². The lowest BCUT2D eigenvalue weighted by Gasteiger charge is -2.18. The normalized spacial score (nSPS) is 11.5. The van der Waals surface area contributed by atoms with Gasteiger partial charge in [-0.05, 0) is 0 Å². The summed E-state index contributed by atoms with van der Waals surface area (Å²) in [6.45, 7) is 6.28. The van der Waals surface area contributed by atoms with Crippen LogP contribution in [-0.2, 0) is 28.4 Å². The van der Waals surface area contributed by atoms with E-state index in [9.17, 15) is 4.79 Å². The summed E-state index contributed by atoms with van der Waals surface area (Å²) in [6.07, 6.45) is 2.01. The molecule has 1 aromatic heterocycles. The summed E-state index contributed by atoms with van der Waals surface area (Å²) < 4.78 is 6.58. The molecule has 0 aliphatic rings. The summed E-state index contributed by atoms with van der Waals surface area (Å²) in [6, 6.07) is 0. The predicted octanol–water partition coefficient (Wildman–Crippen LogP) is 1.43. The molecule has 15 heavy (non-hydrogen) atoms. The maximum atomic E-state index is 11.1. The number of aromatic nitrogens is 2. The first-order chi connectivity index (χ1) is 6.86. The number of rotatable bonds is 2. The van der Waals surface area contributed by atoms with Gasteiger partial charge in [0.15, 0.2) is 0 Å². The number of imidazole rings is 1. The standard InChI is InChI=1S/C11H18N2O2/c1-11(2,3)10-12-7-8(13(10)4)6-9(14)15-5/h7H,6H2,1-5H3. The first-order valence-corrected chi connectivity index (χ1v) is 4.94. The van der Waals surface area contributed by atoms with Crippen molar-refractivity contribution < 1.29 is 9.53 Å². The summed E-state index contributed by atoms with van der Waals surface area (Å²) in [5.74, 6) is 0.736. The number of ether oxygens (including phenoxy) is 1. The minimum atomic E-state index is -0.238. The van der Waals surface area contributed by atoms with E-state index < -0.39 is 0 Å². The van der Waals surface area contributed by atoms with Crippen molar-refractivity contribution in [3.05, 3.63) is 17.7 Å². The number of nitrogens with zero attached hydrogens (tertiary/aromatic N) is 2. The second-order valence-corrected chi connectivity index (χ2v) is 4.64. The molecule has 0 saturated heterocycles. The Morgan fingerprint density at radius 2 is 2.13 bits per heavy atom. The molecule has 0 fully saturated rings. The van der Waals surface area contributed by atoms with Crippen molar-refractivity contribution in [2.45, 2.75) is 32.6 Å². The molecule has 0 aromatic carbocycles. The van der Waals surface area contributed by atoms with Gasteiger partial charge in [0.2, 0.25) is 0 Å². The largest absolute Gasteiger partial charge is 0.469 e. The van der Waals surface area contributed by atoms with E-state index >= 15 is 0 Å². The number of carbonyl (C=O) groups excluding carboxylic acids is 1. The van der Waals surface area contributed by atoms with E-state index in [-0.39, 0.29) is 17.8 Å². The van der Waals surface area contributed by atoms with Crippen LogP contribution >= 0.6 is 0 Å². The zero-order valence-electron chi connectivity index (χ0n) is 10.00. The van der Waals surface area contributed by atoms with E-state index in [1.54, 1.807) is 6.20 Å². The molecule has 0 N–H and O–H groups in total. The van der Waals surface area contributed by atoms with Crippen LogP contribution in [0.4, 0.5) is 0 Å². The summed E-state index contributed by atoms with van der Waals surface area (Å²) in [4.78, 5) is 15.5. The van der Waals surface area contributed by atoms with Gasteiger partial charge >= 0.3 is 5.97 Å². The molecule has 0 aliphatic carbocycles.